The van der Waals surface area contributed by atoms with Gasteiger partial charge in [-0.05, 0) is 54.2 Å². The normalized spacial score (nSPS) is 22.5. The van der Waals surface area contributed by atoms with Crippen LogP contribution in [0.3, 0.4) is 0 Å². The summed E-state index contributed by atoms with van der Waals surface area (Å²) in [6, 6.07) is 7.56. The van der Waals surface area contributed by atoms with Crippen molar-refractivity contribution in [2.75, 3.05) is 13.1 Å². The summed E-state index contributed by atoms with van der Waals surface area (Å²) in [7, 11) is 0. The number of amides is 1. The molecule has 3 aromatic rings. The third kappa shape index (κ3) is 4.52. The summed E-state index contributed by atoms with van der Waals surface area (Å²) in [5.41, 5.74) is -0.0258. The molecule has 0 spiro atoms. The van der Waals surface area contributed by atoms with E-state index < -0.39 is 11.7 Å². The summed E-state index contributed by atoms with van der Waals surface area (Å²) in [6.07, 6.45) is 4.08. The van der Waals surface area contributed by atoms with Gasteiger partial charge in [-0.15, -0.1) is 5.10 Å². The first-order chi connectivity index (χ1) is 18.3. The molecule has 1 saturated carbocycles. The zero-order valence-corrected chi connectivity index (χ0v) is 20.0. The minimum absolute atomic E-state index is 0.00162. The van der Waals surface area contributed by atoms with Crippen LogP contribution in [0.2, 0.25) is 0 Å². The van der Waals surface area contributed by atoms with Gasteiger partial charge in [0, 0.05) is 43.4 Å². The first-order valence-electron chi connectivity index (χ1n) is 12.2. The number of hydrogen-bond acceptors (Lipinski definition) is 5. The number of halogens is 4. The number of allylic oxidation sites excluding steroid dienone is 5. The van der Waals surface area contributed by atoms with Gasteiger partial charge >= 0.3 is 6.18 Å². The second kappa shape index (κ2) is 9.30. The molecular formula is C27H22F4N6O. The highest BCUT2D eigenvalue weighted by Gasteiger charge is 2.59. The monoisotopic (exact) mass is 522 g/mol. The predicted molar refractivity (Wildman–Crippen MR) is 129 cm³/mol. The first kappa shape index (κ1) is 24.2. The average Bonchev–Trinajstić information content (AvgIpc) is 3.22. The van der Waals surface area contributed by atoms with E-state index in [1.165, 1.54) is 18.2 Å². The van der Waals surface area contributed by atoms with E-state index in [9.17, 15) is 22.4 Å². The molecule has 1 aliphatic heterocycles. The topological polar surface area (TPSA) is 76.8 Å². The predicted octanol–water partition coefficient (Wildman–Crippen LogP) is 4.80. The van der Waals surface area contributed by atoms with Crippen LogP contribution in [0.4, 0.5) is 17.6 Å². The van der Waals surface area contributed by atoms with E-state index in [1.54, 1.807) is 52.3 Å². The maximum Gasteiger partial charge on any atom is 0.416 e. The first-order valence-corrected chi connectivity index (χ1v) is 12.2. The molecule has 0 bridgehead atoms. The molecule has 3 aliphatic rings. The molecule has 0 radical (unpaired) electrons. The van der Waals surface area contributed by atoms with Crippen molar-refractivity contribution < 1.29 is 22.4 Å². The number of likely N-dealkylation sites (tertiary alicyclic amines) is 1. The number of piperidine rings is 1. The molecule has 3 atom stereocenters. The zero-order valence-electron chi connectivity index (χ0n) is 20.0. The van der Waals surface area contributed by atoms with Gasteiger partial charge in [0.25, 0.3) is 5.95 Å². The molecule has 1 amide bonds. The Morgan fingerprint density at radius 2 is 1.74 bits per heavy atom. The molecule has 2 fully saturated rings. The van der Waals surface area contributed by atoms with E-state index in [-0.39, 0.29) is 47.9 Å². The Hall–Kier alpha value is -4.15. The quantitative estimate of drug-likeness (QED) is 0.450. The number of fused-ring (bicyclic) bond motifs is 1. The van der Waals surface area contributed by atoms with Gasteiger partial charge in [-0.1, -0.05) is 24.3 Å². The minimum atomic E-state index is -4.51. The van der Waals surface area contributed by atoms with Gasteiger partial charge in [0.1, 0.15) is 11.6 Å². The molecular weight excluding hydrogens is 500 g/mol. The Bertz CT molecular complexity index is 1450. The minimum Gasteiger partial charge on any atom is -0.342 e. The van der Waals surface area contributed by atoms with Crippen LogP contribution in [0.25, 0.3) is 17.3 Å². The molecule has 7 nitrogen and oxygen atoms in total. The van der Waals surface area contributed by atoms with Gasteiger partial charge in [0.15, 0.2) is 5.82 Å². The SMILES string of the molecule is O=C(CC1=C(C(F)(F)F)C=CC=CC1)N1CC2C(c3nc(-c4ccc(F)cc4)nn3-c3ncccn3)[C@H]2C1. The Morgan fingerprint density at radius 1 is 1.03 bits per heavy atom. The molecule has 6 rings (SSSR count). The number of benzene rings is 1. The fraction of sp³-hybridized carbons (Fsp3) is 0.296. The van der Waals surface area contributed by atoms with Gasteiger partial charge in [-0.3, -0.25) is 4.79 Å². The Kier molecular flexibility index (Phi) is 5.93. The number of hydrogen-bond donors (Lipinski definition) is 0. The molecule has 11 heteroatoms. The molecule has 194 valence electrons. The van der Waals surface area contributed by atoms with Crippen molar-refractivity contribution in [1.29, 1.82) is 0 Å². The third-order valence-electron chi connectivity index (χ3n) is 7.25. The zero-order chi connectivity index (χ0) is 26.4. The van der Waals surface area contributed by atoms with E-state index >= 15 is 0 Å². The maximum atomic E-state index is 13.5. The summed E-state index contributed by atoms with van der Waals surface area (Å²) in [5, 5.41) is 4.59. The van der Waals surface area contributed by atoms with Crippen molar-refractivity contribution in [3.05, 3.63) is 89.8 Å². The summed E-state index contributed by atoms with van der Waals surface area (Å²) < 4.78 is 55.6. The van der Waals surface area contributed by atoms with E-state index in [0.29, 0.717) is 36.3 Å². The number of nitrogens with zero attached hydrogens (tertiary/aromatic N) is 6. The number of carbonyl (C=O) groups excluding carboxylic acids is 1. The Labute approximate surface area is 215 Å². The van der Waals surface area contributed by atoms with E-state index in [0.717, 1.165) is 6.08 Å². The van der Waals surface area contributed by atoms with Crippen LogP contribution in [0.5, 0.6) is 0 Å². The van der Waals surface area contributed by atoms with Gasteiger partial charge in [0.05, 0.1) is 5.57 Å². The van der Waals surface area contributed by atoms with Crippen molar-refractivity contribution in [1.82, 2.24) is 29.6 Å². The van der Waals surface area contributed by atoms with Gasteiger partial charge < -0.3 is 4.90 Å². The van der Waals surface area contributed by atoms with Gasteiger partial charge in [-0.2, -0.15) is 17.9 Å². The average molecular weight is 523 g/mol. The summed E-state index contributed by atoms with van der Waals surface area (Å²) in [5.74, 6) is 0.950. The Morgan fingerprint density at radius 3 is 2.42 bits per heavy atom. The van der Waals surface area contributed by atoms with Crippen molar-refractivity contribution >= 4 is 5.91 Å². The number of rotatable bonds is 5. The smallest absolute Gasteiger partial charge is 0.342 e. The standard InChI is InChI=1S/C27H22F4N6O/c28-18-9-7-16(8-10-18)24-34-25(37(35-24)26-32-11-4-12-33-26)23-19-14-36(15-20(19)23)22(38)13-17-5-2-1-3-6-21(17)27(29,30)31/h1-4,6-12,19-20,23H,5,13-15H2/t19-,20?,23?/m0/s1. The summed E-state index contributed by atoms with van der Waals surface area (Å²) >= 11 is 0. The fourth-order valence-electron chi connectivity index (χ4n) is 5.35. The van der Waals surface area contributed by atoms with Crippen molar-refractivity contribution in [3.8, 4) is 17.3 Å². The molecule has 2 aromatic heterocycles. The highest BCUT2D eigenvalue weighted by Crippen LogP contribution is 2.58. The van der Waals surface area contributed by atoms with Crippen LogP contribution in [0, 0.1) is 17.7 Å². The summed E-state index contributed by atoms with van der Waals surface area (Å²) in [6.45, 7) is 0.867. The number of carbonyl (C=O) groups is 1. The molecule has 2 aliphatic carbocycles. The largest absolute Gasteiger partial charge is 0.416 e. The molecule has 1 aromatic carbocycles. The van der Waals surface area contributed by atoms with Crippen LogP contribution in [0.15, 0.2) is 78.2 Å². The lowest BCUT2D eigenvalue weighted by Gasteiger charge is -2.21. The second-order valence-corrected chi connectivity index (χ2v) is 9.60. The number of aromatic nitrogens is 5. The van der Waals surface area contributed by atoms with E-state index in [2.05, 4.69) is 15.1 Å². The molecule has 0 N–H and O–H groups in total. The van der Waals surface area contributed by atoms with Crippen LogP contribution < -0.4 is 0 Å². The van der Waals surface area contributed by atoms with Gasteiger partial charge in [0.2, 0.25) is 5.91 Å². The van der Waals surface area contributed by atoms with Crippen LogP contribution in [0.1, 0.15) is 24.6 Å². The van der Waals surface area contributed by atoms with E-state index in [4.69, 9.17) is 4.98 Å². The fourth-order valence-corrected chi connectivity index (χ4v) is 5.35. The maximum absolute atomic E-state index is 13.5. The molecule has 2 unspecified atom stereocenters. The summed E-state index contributed by atoms with van der Waals surface area (Å²) in [4.78, 5) is 28.0. The number of alkyl halides is 3. The highest BCUT2D eigenvalue weighted by molar-refractivity contribution is 5.80. The van der Waals surface area contributed by atoms with Crippen molar-refractivity contribution in [3.63, 3.8) is 0 Å². The molecule has 1 saturated heterocycles. The second-order valence-electron chi connectivity index (χ2n) is 9.60. The lowest BCUT2D eigenvalue weighted by molar-refractivity contribution is -0.130. The van der Waals surface area contributed by atoms with Crippen LogP contribution >= 0.6 is 0 Å². The molecule has 3 heterocycles. The van der Waals surface area contributed by atoms with Crippen LogP contribution in [-0.2, 0) is 4.79 Å². The lowest BCUT2D eigenvalue weighted by atomic mass is 10.0. The molecule has 38 heavy (non-hydrogen) atoms. The van der Waals surface area contributed by atoms with Gasteiger partial charge in [-0.25, -0.2) is 19.3 Å². The highest BCUT2D eigenvalue weighted by atomic mass is 19.4. The van der Waals surface area contributed by atoms with E-state index in [1.807, 2.05) is 0 Å². The van der Waals surface area contributed by atoms with Crippen molar-refractivity contribution in [2.24, 2.45) is 11.8 Å². The third-order valence-corrected chi connectivity index (χ3v) is 7.25. The van der Waals surface area contributed by atoms with Crippen LogP contribution in [-0.4, -0.2) is 54.8 Å². The van der Waals surface area contributed by atoms with Crippen molar-refractivity contribution in [2.45, 2.75) is 24.9 Å². The lowest BCUT2D eigenvalue weighted by Crippen LogP contribution is -2.32. The Balaban J connectivity index is 1.21.